The van der Waals surface area contributed by atoms with Crippen LogP contribution in [-0.2, 0) is 9.84 Å². The van der Waals surface area contributed by atoms with E-state index in [9.17, 15) is 8.42 Å². The van der Waals surface area contributed by atoms with Crippen LogP contribution in [0.25, 0.3) is 0 Å². The highest BCUT2D eigenvalue weighted by Crippen LogP contribution is 2.15. The molecule has 0 aromatic rings. The molecular weight excluding hydrogens is 222 g/mol. The topological polar surface area (TPSA) is 46.2 Å². The van der Waals surface area contributed by atoms with Crippen LogP contribution < -0.4 is 5.32 Å². The van der Waals surface area contributed by atoms with Gasteiger partial charge in [-0.2, -0.15) is 0 Å². The summed E-state index contributed by atoms with van der Waals surface area (Å²) in [5, 5.41) is 3.02. The molecule has 1 unspecified atom stereocenters. The van der Waals surface area contributed by atoms with Crippen molar-refractivity contribution in [2.24, 2.45) is 5.92 Å². The van der Waals surface area contributed by atoms with E-state index in [0.717, 1.165) is 0 Å². The first kappa shape index (κ1) is 15.9. The van der Waals surface area contributed by atoms with Gasteiger partial charge in [-0.05, 0) is 33.1 Å². The summed E-state index contributed by atoms with van der Waals surface area (Å²) < 4.78 is 24.1. The van der Waals surface area contributed by atoms with E-state index in [0.29, 0.717) is 18.7 Å². The molecular formula is C12H27NO2S. The van der Waals surface area contributed by atoms with E-state index in [2.05, 4.69) is 26.1 Å². The Kier molecular flexibility index (Phi) is 5.98. The van der Waals surface area contributed by atoms with Crippen LogP contribution in [0.3, 0.4) is 0 Å². The van der Waals surface area contributed by atoms with E-state index in [-0.39, 0.29) is 16.7 Å². The molecule has 0 saturated heterocycles. The van der Waals surface area contributed by atoms with Crippen molar-refractivity contribution in [1.82, 2.24) is 5.32 Å². The number of hydrogen-bond donors (Lipinski definition) is 1. The predicted molar refractivity (Wildman–Crippen MR) is 70.5 cm³/mol. The molecule has 3 nitrogen and oxygen atoms in total. The first-order valence-electron chi connectivity index (χ1n) is 6.06. The van der Waals surface area contributed by atoms with Crippen LogP contribution in [-0.4, -0.2) is 31.5 Å². The van der Waals surface area contributed by atoms with Crippen molar-refractivity contribution in [3.8, 4) is 0 Å². The fraction of sp³-hybridized carbons (Fsp3) is 1.00. The summed E-state index contributed by atoms with van der Waals surface area (Å²) in [5.74, 6) is 0.452. The molecule has 0 aromatic heterocycles. The van der Waals surface area contributed by atoms with E-state index >= 15 is 0 Å². The maximum absolute atomic E-state index is 12.0. The number of rotatable bonds is 6. The van der Waals surface area contributed by atoms with Gasteiger partial charge in [-0.1, -0.05) is 20.8 Å². The maximum atomic E-state index is 12.0. The molecule has 0 bridgehead atoms. The minimum absolute atomic E-state index is 0.0329. The summed E-state index contributed by atoms with van der Waals surface area (Å²) in [7, 11) is -2.96. The second kappa shape index (κ2) is 6.01. The monoisotopic (exact) mass is 249 g/mol. The van der Waals surface area contributed by atoms with E-state index < -0.39 is 9.84 Å². The van der Waals surface area contributed by atoms with Crippen LogP contribution in [0.2, 0.25) is 0 Å². The molecule has 0 rings (SSSR count). The van der Waals surface area contributed by atoms with Crippen LogP contribution in [0.15, 0.2) is 0 Å². The number of sulfone groups is 1. The Morgan fingerprint density at radius 3 is 2.00 bits per heavy atom. The Labute approximate surface area is 101 Å². The second-order valence-corrected chi connectivity index (χ2v) is 8.12. The second-order valence-electron chi connectivity index (χ2n) is 5.78. The normalized spacial score (nSPS) is 15.4. The van der Waals surface area contributed by atoms with Crippen molar-refractivity contribution in [2.45, 2.75) is 58.8 Å². The number of hydrogen-bond acceptors (Lipinski definition) is 3. The Balaban J connectivity index is 4.64. The van der Waals surface area contributed by atoms with Gasteiger partial charge >= 0.3 is 0 Å². The molecule has 0 spiro atoms. The average Bonchev–Trinajstić information content (AvgIpc) is 1.99. The molecule has 0 aliphatic rings. The Morgan fingerprint density at radius 1 is 1.19 bits per heavy atom. The van der Waals surface area contributed by atoms with Crippen molar-refractivity contribution >= 4 is 9.84 Å². The van der Waals surface area contributed by atoms with E-state index in [1.54, 1.807) is 0 Å². The molecule has 0 aliphatic heterocycles. The molecule has 0 aliphatic carbocycles. The van der Waals surface area contributed by atoms with Gasteiger partial charge in [-0.25, -0.2) is 8.42 Å². The zero-order valence-electron chi connectivity index (χ0n) is 11.5. The fourth-order valence-corrected chi connectivity index (χ4v) is 3.66. The van der Waals surface area contributed by atoms with Crippen LogP contribution >= 0.6 is 0 Å². The summed E-state index contributed by atoms with van der Waals surface area (Å²) in [6.45, 7) is 12.6. The third-order valence-electron chi connectivity index (χ3n) is 2.53. The molecule has 0 aromatic carbocycles. The largest absolute Gasteiger partial charge is 0.311 e. The van der Waals surface area contributed by atoms with Gasteiger partial charge in [0, 0.05) is 12.1 Å². The average molecular weight is 249 g/mol. The summed E-state index contributed by atoms with van der Waals surface area (Å²) >= 11 is 0. The lowest BCUT2D eigenvalue weighted by Gasteiger charge is -2.27. The highest BCUT2D eigenvalue weighted by Gasteiger charge is 2.28. The lowest BCUT2D eigenvalue weighted by Crippen LogP contribution is -2.45. The molecule has 98 valence electrons. The SMILES string of the molecule is CCCS(=O)(=O)C(CNC(C)(C)C)C(C)C. The van der Waals surface area contributed by atoms with Crippen molar-refractivity contribution in [1.29, 1.82) is 0 Å². The molecule has 0 fully saturated rings. The number of nitrogens with one attached hydrogen (secondary N) is 1. The quantitative estimate of drug-likeness (QED) is 0.785. The van der Waals surface area contributed by atoms with E-state index in [4.69, 9.17) is 0 Å². The lowest BCUT2D eigenvalue weighted by molar-refractivity contribution is 0.400. The van der Waals surface area contributed by atoms with Gasteiger partial charge in [0.15, 0.2) is 9.84 Å². The highest BCUT2D eigenvalue weighted by molar-refractivity contribution is 7.92. The minimum Gasteiger partial charge on any atom is -0.311 e. The van der Waals surface area contributed by atoms with Crippen LogP contribution in [0.1, 0.15) is 48.0 Å². The summed E-state index contributed by atoms with van der Waals surface area (Å²) in [6, 6.07) is 0. The molecule has 4 heteroatoms. The molecule has 16 heavy (non-hydrogen) atoms. The highest BCUT2D eigenvalue weighted by atomic mass is 32.2. The molecule has 0 radical (unpaired) electrons. The van der Waals surface area contributed by atoms with Crippen LogP contribution in [0.5, 0.6) is 0 Å². The van der Waals surface area contributed by atoms with E-state index in [1.807, 2.05) is 20.8 Å². The van der Waals surface area contributed by atoms with Gasteiger partial charge in [-0.15, -0.1) is 0 Å². The fourth-order valence-electron chi connectivity index (χ4n) is 1.62. The zero-order valence-corrected chi connectivity index (χ0v) is 12.3. The molecule has 1 atom stereocenters. The molecule has 0 saturated carbocycles. The summed E-state index contributed by atoms with van der Waals surface area (Å²) in [4.78, 5) is 0. The third kappa shape index (κ3) is 5.85. The van der Waals surface area contributed by atoms with Crippen LogP contribution in [0, 0.1) is 5.92 Å². The van der Waals surface area contributed by atoms with Crippen molar-refractivity contribution in [3.05, 3.63) is 0 Å². The van der Waals surface area contributed by atoms with Crippen LogP contribution in [0.4, 0.5) is 0 Å². The van der Waals surface area contributed by atoms with Crippen molar-refractivity contribution in [2.75, 3.05) is 12.3 Å². The van der Waals surface area contributed by atoms with Gasteiger partial charge < -0.3 is 5.32 Å². The molecule has 1 N–H and O–H groups in total. The van der Waals surface area contributed by atoms with Gasteiger partial charge in [0.1, 0.15) is 0 Å². The van der Waals surface area contributed by atoms with Crippen molar-refractivity contribution in [3.63, 3.8) is 0 Å². The predicted octanol–water partition coefficient (Wildman–Crippen LogP) is 2.22. The smallest absolute Gasteiger partial charge is 0.154 e. The van der Waals surface area contributed by atoms with Crippen molar-refractivity contribution < 1.29 is 8.42 Å². The Hall–Kier alpha value is -0.0900. The van der Waals surface area contributed by atoms with Gasteiger partial charge in [0.2, 0.25) is 0 Å². The zero-order chi connectivity index (χ0) is 13.0. The minimum atomic E-state index is -2.96. The Bertz CT molecular complexity index is 289. The van der Waals surface area contributed by atoms with Gasteiger partial charge in [0.05, 0.1) is 11.0 Å². The molecule has 0 amide bonds. The van der Waals surface area contributed by atoms with Gasteiger partial charge in [0.25, 0.3) is 0 Å². The molecule has 0 heterocycles. The lowest BCUT2D eigenvalue weighted by atomic mass is 10.1. The Morgan fingerprint density at radius 2 is 1.69 bits per heavy atom. The first-order chi connectivity index (χ1) is 7.10. The maximum Gasteiger partial charge on any atom is 0.154 e. The summed E-state index contributed by atoms with van der Waals surface area (Å²) in [6.07, 6.45) is 0.696. The first-order valence-corrected chi connectivity index (χ1v) is 7.78. The summed E-state index contributed by atoms with van der Waals surface area (Å²) in [5.41, 5.74) is -0.0329. The van der Waals surface area contributed by atoms with Gasteiger partial charge in [-0.3, -0.25) is 0 Å². The standard InChI is InChI=1S/C12H27NO2S/c1-7-8-16(14,15)11(10(2)3)9-13-12(4,5)6/h10-11,13H,7-9H2,1-6H3. The third-order valence-corrected chi connectivity index (χ3v) is 5.14. The van der Waals surface area contributed by atoms with E-state index in [1.165, 1.54) is 0 Å².